The predicted octanol–water partition coefficient (Wildman–Crippen LogP) is 2.16. The number of carboxylic acids is 1. The molecule has 0 spiro atoms. The summed E-state index contributed by atoms with van der Waals surface area (Å²) in [6, 6.07) is 13.2. The van der Waals surface area contributed by atoms with E-state index in [2.05, 4.69) is 10.6 Å². The Kier molecular flexibility index (Phi) is 7.38. The van der Waals surface area contributed by atoms with Crippen molar-refractivity contribution in [2.24, 2.45) is 5.92 Å². The van der Waals surface area contributed by atoms with Gasteiger partial charge >= 0.3 is 5.97 Å². The number of anilines is 1. The second kappa shape index (κ2) is 9.96. The number of hydrogen-bond donors (Lipinski definition) is 3. The van der Waals surface area contributed by atoms with Crippen LogP contribution < -0.4 is 20.1 Å². The van der Waals surface area contributed by atoms with E-state index in [0.29, 0.717) is 22.7 Å². The normalized spacial score (nSPS) is 11.2. The molecule has 0 saturated carbocycles. The minimum absolute atomic E-state index is 0.0386. The molecule has 0 fully saturated rings. The summed E-state index contributed by atoms with van der Waals surface area (Å²) >= 11 is 0. The third kappa shape index (κ3) is 6.31. The fourth-order valence-electron chi connectivity index (χ4n) is 2.18. The minimum Gasteiger partial charge on any atom is -0.497 e. The van der Waals surface area contributed by atoms with Gasteiger partial charge in [-0.05, 0) is 36.4 Å². The summed E-state index contributed by atoms with van der Waals surface area (Å²) in [5.74, 6) is -1.30. The van der Waals surface area contributed by atoms with Gasteiger partial charge in [0.1, 0.15) is 11.5 Å². The number of aliphatic carboxylic acids is 1. The van der Waals surface area contributed by atoms with Crippen LogP contribution in [0.25, 0.3) is 0 Å². The van der Waals surface area contributed by atoms with Crippen LogP contribution in [0.15, 0.2) is 48.5 Å². The average Bonchev–Trinajstić information content (AvgIpc) is 2.70. The molecule has 0 radical (unpaired) electrons. The van der Waals surface area contributed by atoms with Crippen molar-refractivity contribution in [2.45, 2.75) is 6.92 Å². The topological polar surface area (TPSA) is 114 Å². The van der Waals surface area contributed by atoms with Crippen LogP contribution in [0.5, 0.6) is 11.5 Å². The van der Waals surface area contributed by atoms with Gasteiger partial charge < -0.3 is 25.2 Å². The zero-order chi connectivity index (χ0) is 20.5. The number of amides is 2. The van der Waals surface area contributed by atoms with E-state index in [0.717, 1.165) is 0 Å². The molecule has 0 aliphatic heterocycles. The van der Waals surface area contributed by atoms with E-state index in [4.69, 9.17) is 14.6 Å². The van der Waals surface area contributed by atoms with Gasteiger partial charge in [-0.25, -0.2) is 0 Å². The first-order valence-electron chi connectivity index (χ1n) is 8.57. The third-order valence-electron chi connectivity index (χ3n) is 3.83. The molecule has 8 nitrogen and oxygen atoms in total. The molecule has 2 amide bonds. The first-order chi connectivity index (χ1) is 13.4. The number of ether oxygens (including phenoxy) is 2. The Morgan fingerprint density at radius 1 is 1.07 bits per heavy atom. The number of rotatable bonds is 9. The van der Waals surface area contributed by atoms with Gasteiger partial charge in [0.05, 0.1) is 13.0 Å². The molecule has 1 unspecified atom stereocenters. The molecule has 8 heteroatoms. The number of methoxy groups -OCH3 is 1. The number of carbonyl (C=O) groups excluding carboxylic acids is 2. The molecule has 0 aromatic heterocycles. The lowest BCUT2D eigenvalue weighted by Gasteiger charge is -2.10. The van der Waals surface area contributed by atoms with Crippen LogP contribution in [-0.2, 0) is 9.59 Å². The molecule has 28 heavy (non-hydrogen) atoms. The van der Waals surface area contributed by atoms with E-state index >= 15 is 0 Å². The average molecular weight is 386 g/mol. The number of benzene rings is 2. The summed E-state index contributed by atoms with van der Waals surface area (Å²) in [5, 5.41) is 14.1. The van der Waals surface area contributed by atoms with Crippen LogP contribution in [-0.4, -0.2) is 43.2 Å². The number of carboxylic acid groups (broad SMARTS) is 1. The Balaban J connectivity index is 1.82. The fraction of sp³-hybridized carbons (Fsp3) is 0.250. The van der Waals surface area contributed by atoms with Crippen molar-refractivity contribution >= 4 is 23.5 Å². The van der Waals surface area contributed by atoms with Crippen molar-refractivity contribution in [3.05, 3.63) is 54.1 Å². The Bertz CT molecular complexity index is 835. The van der Waals surface area contributed by atoms with Crippen LogP contribution in [0.4, 0.5) is 5.69 Å². The maximum atomic E-state index is 12.0. The molecule has 0 aliphatic rings. The quantitative estimate of drug-likeness (QED) is 0.609. The van der Waals surface area contributed by atoms with E-state index in [9.17, 15) is 14.4 Å². The fourth-order valence-corrected chi connectivity index (χ4v) is 2.18. The molecule has 3 N–H and O–H groups in total. The SMILES string of the molecule is COc1cccc(NC(=O)COc2ccc(C(=O)NCC(C)C(=O)O)cc2)c1. The molecule has 2 aromatic rings. The Morgan fingerprint density at radius 2 is 1.79 bits per heavy atom. The highest BCUT2D eigenvalue weighted by atomic mass is 16.5. The summed E-state index contributed by atoms with van der Waals surface area (Å²) in [6.45, 7) is 1.35. The first-order valence-corrected chi connectivity index (χ1v) is 8.57. The third-order valence-corrected chi connectivity index (χ3v) is 3.83. The monoisotopic (exact) mass is 386 g/mol. The second-order valence-corrected chi connectivity index (χ2v) is 6.04. The predicted molar refractivity (Wildman–Crippen MR) is 103 cm³/mol. The Labute approximate surface area is 162 Å². The van der Waals surface area contributed by atoms with Crippen LogP contribution in [0.2, 0.25) is 0 Å². The van der Waals surface area contributed by atoms with Crippen molar-refractivity contribution in [2.75, 3.05) is 25.6 Å². The van der Waals surface area contributed by atoms with Crippen LogP contribution >= 0.6 is 0 Å². The van der Waals surface area contributed by atoms with Gasteiger partial charge in [-0.2, -0.15) is 0 Å². The van der Waals surface area contributed by atoms with Crippen molar-refractivity contribution in [1.82, 2.24) is 5.32 Å². The maximum absolute atomic E-state index is 12.0. The Hall–Kier alpha value is -3.55. The van der Waals surface area contributed by atoms with Gasteiger partial charge in [0.15, 0.2) is 6.61 Å². The summed E-state index contributed by atoms with van der Waals surface area (Å²) < 4.78 is 10.5. The standard InChI is InChI=1S/C20H22N2O6/c1-13(20(25)26)11-21-19(24)14-6-8-16(9-7-14)28-12-18(23)22-15-4-3-5-17(10-15)27-2/h3-10,13H,11-12H2,1-2H3,(H,21,24)(H,22,23)(H,25,26). The van der Waals surface area contributed by atoms with Gasteiger partial charge in [-0.3, -0.25) is 14.4 Å². The van der Waals surface area contributed by atoms with Crippen LogP contribution in [0.1, 0.15) is 17.3 Å². The zero-order valence-corrected chi connectivity index (χ0v) is 15.6. The summed E-state index contributed by atoms with van der Waals surface area (Å²) in [6.07, 6.45) is 0. The van der Waals surface area contributed by atoms with Gasteiger partial charge in [-0.1, -0.05) is 13.0 Å². The molecule has 1 atom stereocenters. The molecule has 0 aliphatic carbocycles. The smallest absolute Gasteiger partial charge is 0.308 e. The largest absolute Gasteiger partial charge is 0.497 e. The lowest BCUT2D eigenvalue weighted by Crippen LogP contribution is -2.31. The number of nitrogens with one attached hydrogen (secondary N) is 2. The van der Waals surface area contributed by atoms with Crippen LogP contribution in [0, 0.1) is 5.92 Å². The lowest BCUT2D eigenvalue weighted by atomic mass is 10.1. The van der Waals surface area contributed by atoms with Gasteiger partial charge in [0.25, 0.3) is 11.8 Å². The number of carbonyl (C=O) groups is 3. The first kappa shape index (κ1) is 20.8. The van der Waals surface area contributed by atoms with E-state index in [1.807, 2.05) is 0 Å². The highest BCUT2D eigenvalue weighted by molar-refractivity contribution is 5.94. The lowest BCUT2D eigenvalue weighted by molar-refractivity contribution is -0.140. The van der Waals surface area contributed by atoms with Crippen molar-refractivity contribution in [3.63, 3.8) is 0 Å². The summed E-state index contributed by atoms with van der Waals surface area (Å²) in [7, 11) is 1.54. The molecule has 2 rings (SSSR count). The van der Waals surface area contributed by atoms with E-state index in [1.165, 1.54) is 19.1 Å². The highest BCUT2D eigenvalue weighted by Gasteiger charge is 2.13. The molecule has 148 valence electrons. The van der Waals surface area contributed by atoms with E-state index in [1.54, 1.807) is 43.5 Å². The molecular weight excluding hydrogens is 364 g/mol. The summed E-state index contributed by atoms with van der Waals surface area (Å²) in [5.41, 5.74) is 0.960. The Morgan fingerprint density at radius 3 is 2.43 bits per heavy atom. The van der Waals surface area contributed by atoms with Gasteiger partial charge in [-0.15, -0.1) is 0 Å². The van der Waals surface area contributed by atoms with Gasteiger partial charge in [0.2, 0.25) is 0 Å². The van der Waals surface area contributed by atoms with Crippen molar-refractivity contribution in [3.8, 4) is 11.5 Å². The molecule has 0 saturated heterocycles. The molecular formula is C20H22N2O6. The van der Waals surface area contributed by atoms with E-state index < -0.39 is 11.9 Å². The van der Waals surface area contributed by atoms with Crippen LogP contribution in [0.3, 0.4) is 0 Å². The number of hydrogen-bond acceptors (Lipinski definition) is 5. The second-order valence-electron chi connectivity index (χ2n) is 6.04. The summed E-state index contributed by atoms with van der Waals surface area (Å²) in [4.78, 5) is 34.7. The zero-order valence-electron chi connectivity index (χ0n) is 15.6. The molecule has 2 aromatic carbocycles. The van der Waals surface area contributed by atoms with Crippen molar-refractivity contribution < 1.29 is 29.0 Å². The molecule has 0 heterocycles. The molecule has 0 bridgehead atoms. The highest BCUT2D eigenvalue weighted by Crippen LogP contribution is 2.17. The van der Waals surface area contributed by atoms with Crippen molar-refractivity contribution in [1.29, 1.82) is 0 Å². The maximum Gasteiger partial charge on any atom is 0.308 e. The minimum atomic E-state index is -0.976. The van der Waals surface area contributed by atoms with E-state index in [-0.39, 0.29) is 25.0 Å². The van der Waals surface area contributed by atoms with Gasteiger partial charge in [0, 0.05) is 23.9 Å².